The minimum atomic E-state index is -1.57. The van der Waals surface area contributed by atoms with Gasteiger partial charge in [0.25, 0.3) is 0 Å². The van der Waals surface area contributed by atoms with Gasteiger partial charge >= 0.3 is 7.26 Å². The maximum atomic E-state index is 15.7. The van der Waals surface area contributed by atoms with E-state index in [0.717, 1.165) is 21.1 Å². The molecule has 1 aliphatic rings. The number of aldehydes is 1. The van der Waals surface area contributed by atoms with Gasteiger partial charge in [-0.2, -0.15) is 0 Å². The predicted octanol–water partition coefficient (Wildman–Crippen LogP) is 6.60. The van der Waals surface area contributed by atoms with E-state index in [4.69, 9.17) is 0 Å². The standard InChI is InChI=1S/C24H29BFIN2O/c1-12-9-13(2)21(14(3)10-12)22-15(4)16(5)23(27)18(7)28-25(26)29-19(8)20(11-30)17(6)24(22)29/h9-11,15,22H,1-8H3/b23-16+,28-18+. The number of fused-ring (bicyclic) bond motifs is 1. The fraction of sp³-hybridized carbons (Fsp3) is 0.417. The summed E-state index contributed by atoms with van der Waals surface area (Å²) in [5, 5.41) is 0. The fourth-order valence-electron chi connectivity index (χ4n) is 5.05. The second-order valence-electron chi connectivity index (χ2n) is 8.60. The van der Waals surface area contributed by atoms with Crippen molar-refractivity contribution in [2.24, 2.45) is 10.8 Å². The van der Waals surface area contributed by atoms with Crippen LogP contribution in [0.4, 0.5) is 4.32 Å². The number of hydrogen-bond donors (Lipinski definition) is 0. The first-order valence-electron chi connectivity index (χ1n) is 10.3. The number of halogens is 2. The lowest BCUT2D eigenvalue weighted by atomic mass is 9.75. The molecule has 3 nitrogen and oxygen atoms in total. The van der Waals surface area contributed by atoms with E-state index in [0.29, 0.717) is 17.0 Å². The van der Waals surface area contributed by atoms with Gasteiger partial charge in [0.1, 0.15) is 0 Å². The van der Waals surface area contributed by atoms with Gasteiger partial charge in [0.05, 0.1) is 0 Å². The molecular formula is C24H29BFIN2O. The van der Waals surface area contributed by atoms with Gasteiger partial charge in [-0.1, -0.05) is 30.2 Å². The highest BCUT2D eigenvalue weighted by atomic mass is 127. The number of rotatable bonds is 2. The van der Waals surface area contributed by atoms with Crippen molar-refractivity contribution in [3.8, 4) is 0 Å². The average molecular weight is 518 g/mol. The molecule has 0 saturated carbocycles. The van der Waals surface area contributed by atoms with E-state index < -0.39 is 7.26 Å². The van der Waals surface area contributed by atoms with Crippen LogP contribution in [0.25, 0.3) is 0 Å². The molecule has 0 aliphatic carbocycles. The molecular weight excluding hydrogens is 489 g/mol. The van der Waals surface area contributed by atoms with Crippen molar-refractivity contribution in [3.63, 3.8) is 0 Å². The van der Waals surface area contributed by atoms with Crippen molar-refractivity contribution >= 4 is 41.8 Å². The Hall–Kier alpha value is -1.70. The van der Waals surface area contributed by atoms with E-state index in [1.807, 2.05) is 20.8 Å². The molecule has 2 atom stereocenters. The molecule has 1 aromatic carbocycles. The second kappa shape index (κ2) is 8.44. The number of hydrogen-bond acceptors (Lipinski definition) is 2. The molecule has 1 aliphatic heterocycles. The van der Waals surface area contributed by atoms with Crippen LogP contribution in [0.15, 0.2) is 26.2 Å². The van der Waals surface area contributed by atoms with Crippen molar-refractivity contribution in [2.45, 2.75) is 61.3 Å². The molecule has 6 heteroatoms. The van der Waals surface area contributed by atoms with Crippen LogP contribution in [-0.4, -0.2) is 23.7 Å². The lowest BCUT2D eigenvalue weighted by Gasteiger charge is -2.31. The molecule has 1 aromatic heterocycles. The SMILES string of the molecule is CC1=N\B(F)n2c(C)c(C=O)c(C)c2C(c2c(C)cc(C)cc2C)C(C)/C(C)=C\1I. The van der Waals surface area contributed by atoms with Gasteiger partial charge in [-0.25, -0.2) is 0 Å². The molecule has 2 unspecified atom stereocenters. The number of carbonyl (C=O) groups excluding carboxylic acids is 1. The summed E-state index contributed by atoms with van der Waals surface area (Å²) in [6.45, 7) is 16.3. The molecule has 0 spiro atoms. The normalized spacial score (nSPS) is 23.9. The molecule has 158 valence electrons. The highest BCUT2D eigenvalue weighted by molar-refractivity contribution is 14.1. The Morgan fingerprint density at radius 2 is 1.67 bits per heavy atom. The molecule has 30 heavy (non-hydrogen) atoms. The van der Waals surface area contributed by atoms with Gasteiger partial charge in [0, 0.05) is 32.2 Å². The number of nitrogens with zero attached hydrogens (tertiary/aromatic N) is 2. The summed E-state index contributed by atoms with van der Waals surface area (Å²) in [6, 6.07) is 4.38. The highest BCUT2D eigenvalue weighted by Crippen LogP contribution is 2.44. The second-order valence-corrected chi connectivity index (χ2v) is 9.68. The first-order chi connectivity index (χ1) is 14.0. The quantitative estimate of drug-likeness (QED) is 0.251. The van der Waals surface area contributed by atoms with Gasteiger partial charge in [-0.3, -0.25) is 14.0 Å². The first kappa shape index (κ1) is 23.0. The van der Waals surface area contributed by atoms with Crippen molar-refractivity contribution in [3.05, 3.63) is 66.1 Å². The monoisotopic (exact) mass is 518 g/mol. The molecule has 2 heterocycles. The van der Waals surface area contributed by atoms with Gasteiger partial charge in [0.15, 0.2) is 6.29 Å². The van der Waals surface area contributed by atoms with Crippen LogP contribution in [-0.2, 0) is 0 Å². The minimum absolute atomic E-state index is 0.0814. The number of aryl methyl sites for hydroxylation is 3. The minimum Gasteiger partial charge on any atom is -0.341 e. The maximum Gasteiger partial charge on any atom is 0.610 e. The summed E-state index contributed by atoms with van der Waals surface area (Å²) >= 11 is 2.29. The Kier molecular flexibility index (Phi) is 6.47. The number of allylic oxidation sites excluding steroid dienone is 2. The van der Waals surface area contributed by atoms with Gasteiger partial charge in [0.2, 0.25) is 0 Å². The molecule has 0 bridgehead atoms. The van der Waals surface area contributed by atoms with Gasteiger partial charge in [-0.15, -0.1) is 0 Å². The smallest absolute Gasteiger partial charge is 0.341 e. The molecule has 0 N–H and O–H groups in total. The summed E-state index contributed by atoms with van der Waals surface area (Å²) in [5.74, 6) is 0.0285. The van der Waals surface area contributed by atoms with E-state index in [1.165, 1.54) is 27.8 Å². The summed E-state index contributed by atoms with van der Waals surface area (Å²) in [6.07, 6.45) is 0.850. The van der Waals surface area contributed by atoms with E-state index in [1.54, 1.807) is 4.48 Å². The lowest BCUT2D eigenvalue weighted by Crippen LogP contribution is -2.26. The summed E-state index contributed by atoms with van der Waals surface area (Å²) in [4.78, 5) is 16.3. The topological polar surface area (TPSA) is 34.4 Å². The van der Waals surface area contributed by atoms with Crippen LogP contribution in [0.2, 0.25) is 0 Å². The zero-order chi connectivity index (χ0) is 22.5. The van der Waals surface area contributed by atoms with Crippen molar-refractivity contribution in [1.82, 2.24) is 4.48 Å². The molecule has 2 aromatic rings. The van der Waals surface area contributed by atoms with E-state index >= 15 is 4.32 Å². The summed E-state index contributed by atoms with van der Waals surface area (Å²) < 4.78 is 18.3. The Morgan fingerprint density at radius 3 is 2.20 bits per heavy atom. The Balaban J connectivity index is 2.50. The largest absolute Gasteiger partial charge is 0.610 e. The van der Waals surface area contributed by atoms with Gasteiger partial charge in [-0.05, 0) is 99.2 Å². The van der Waals surface area contributed by atoms with Gasteiger partial charge < -0.3 is 4.48 Å². The van der Waals surface area contributed by atoms with Crippen molar-refractivity contribution in [2.75, 3.05) is 0 Å². The van der Waals surface area contributed by atoms with Crippen LogP contribution < -0.4 is 0 Å². The summed E-state index contributed by atoms with van der Waals surface area (Å²) in [7, 11) is -1.57. The molecule has 0 fully saturated rings. The van der Waals surface area contributed by atoms with Crippen LogP contribution >= 0.6 is 22.6 Å². The van der Waals surface area contributed by atoms with Crippen molar-refractivity contribution < 1.29 is 9.11 Å². The zero-order valence-electron chi connectivity index (χ0n) is 19.0. The molecule has 0 radical (unpaired) electrons. The highest BCUT2D eigenvalue weighted by Gasteiger charge is 2.37. The van der Waals surface area contributed by atoms with Crippen LogP contribution in [0, 0.1) is 40.5 Å². The third-order valence-corrected chi connectivity index (χ3v) is 8.25. The van der Waals surface area contributed by atoms with Crippen LogP contribution in [0.1, 0.15) is 76.3 Å². The third kappa shape index (κ3) is 3.61. The molecule has 0 amide bonds. The maximum absolute atomic E-state index is 15.7. The molecule has 0 saturated heterocycles. The Bertz CT molecular complexity index is 1080. The Morgan fingerprint density at radius 1 is 1.10 bits per heavy atom. The summed E-state index contributed by atoms with van der Waals surface area (Å²) in [5.41, 5.74) is 9.59. The lowest BCUT2D eigenvalue weighted by molar-refractivity contribution is 0.112. The third-order valence-electron chi connectivity index (χ3n) is 6.62. The van der Waals surface area contributed by atoms with E-state index in [-0.39, 0.29) is 11.8 Å². The first-order valence-corrected chi connectivity index (χ1v) is 11.4. The fourth-order valence-corrected chi connectivity index (χ4v) is 5.68. The zero-order valence-corrected chi connectivity index (χ0v) is 21.2. The average Bonchev–Trinajstić information content (AvgIpc) is 2.92. The van der Waals surface area contributed by atoms with Crippen molar-refractivity contribution in [1.29, 1.82) is 0 Å². The molecule has 3 rings (SSSR count). The number of carbonyl (C=O) groups is 1. The van der Waals surface area contributed by atoms with Crippen LogP contribution in [0.3, 0.4) is 0 Å². The van der Waals surface area contributed by atoms with E-state index in [2.05, 4.69) is 74.2 Å². The Labute approximate surface area is 193 Å². The predicted molar refractivity (Wildman–Crippen MR) is 133 cm³/mol. The van der Waals surface area contributed by atoms with Crippen LogP contribution in [0.5, 0.6) is 0 Å². The van der Waals surface area contributed by atoms with E-state index in [9.17, 15) is 4.79 Å². The number of benzene rings is 1. The number of aromatic nitrogens is 1.